The van der Waals surface area contributed by atoms with Crippen molar-refractivity contribution in [2.75, 3.05) is 42.7 Å². The highest BCUT2D eigenvalue weighted by molar-refractivity contribution is 5.51. The number of aliphatic hydroxyl groups is 2. The lowest BCUT2D eigenvalue weighted by Gasteiger charge is -2.30. The Balaban J connectivity index is 0.000000201. The van der Waals surface area contributed by atoms with Crippen molar-refractivity contribution in [1.82, 2.24) is 0 Å². The summed E-state index contributed by atoms with van der Waals surface area (Å²) in [5, 5.41) is 23.6. The molecule has 0 aliphatic carbocycles. The van der Waals surface area contributed by atoms with E-state index in [1.807, 2.05) is 146 Å². The van der Waals surface area contributed by atoms with Crippen molar-refractivity contribution >= 4 is 0 Å². The summed E-state index contributed by atoms with van der Waals surface area (Å²) in [6, 6.07) is 44.5. The Hall–Kier alpha value is -5.96. The molecule has 0 saturated carbocycles. The molecule has 6 aromatic carbocycles. The minimum atomic E-state index is -1.31. The number of benzene rings is 6. The van der Waals surface area contributed by atoms with E-state index in [0.717, 1.165) is 67.9 Å². The number of hydrogen-bond acceptors (Lipinski definition) is 8. The van der Waals surface area contributed by atoms with Gasteiger partial charge in [0.15, 0.2) is 0 Å². The highest BCUT2D eigenvalue weighted by Crippen LogP contribution is 2.40. The zero-order valence-electron chi connectivity index (χ0n) is 30.2. The molecule has 0 atom stereocenters. The van der Waals surface area contributed by atoms with Crippen molar-refractivity contribution in [3.63, 3.8) is 0 Å². The maximum atomic E-state index is 11.8. The van der Waals surface area contributed by atoms with Crippen molar-refractivity contribution in [3.05, 3.63) is 179 Å². The first-order valence-corrected chi connectivity index (χ1v) is 16.5. The standard InChI is InChI=1S/2C22H22O4/c2*1-24-19-10-4-16(5-11-19)22(23,17-6-12-20(25-2)13-7-17)18-8-14-21(26-3)15-9-18/h2*4-15,23H,1-3H3. The maximum absolute atomic E-state index is 11.8. The Bertz CT molecular complexity index is 1590. The van der Waals surface area contributed by atoms with E-state index in [1.165, 1.54) is 0 Å². The van der Waals surface area contributed by atoms with Gasteiger partial charge in [0.2, 0.25) is 0 Å². The third-order valence-corrected chi connectivity index (χ3v) is 9.05. The molecule has 0 unspecified atom stereocenters. The molecule has 2 N–H and O–H groups in total. The third-order valence-electron chi connectivity index (χ3n) is 9.05. The van der Waals surface area contributed by atoms with Gasteiger partial charge >= 0.3 is 0 Å². The van der Waals surface area contributed by atoms with Gasteiger partial charge in [0.05, 0.1) is 42.7 Å². The number of ether oxygens (including phenoxy) is 6. The molecular formula is C44H44O8. The molecule has 8 nitrogen and oxygen atoms in total. The quantitative estimate of drug-likeness (QED) is 0.124. The van der Waals surface area contributed by atoms with Crippen LogP contribution in [0.25, 0.3) is 0 Å². The van der Waals surface area contributed by atoms with E-state index >= 15 is 0 Å². The van der Waals surface area contributed by atoms with Gasteiger partial charge in [0.25, 0.3) is 0 Å². The van der Waals surface area contributed by atoms with Crippen molar-refractivity contribution in [2.24, 2.45) is 0 Å². The smallest absolute Gasteiger partial charge is 0.140 e. The van der Waals surface area contributed by atoms with Crippen LogP contribution in [0.2, 0.25) is 0 Å². The van der Waals surface area contributed by atoms with E-state index in [2.05, 4.69) is 0 Å². The Labute approximate surface area is 305 Å². The predicted octanol–water partition coefficient (Wildman–Crippen LogP) is 7.99. The molecule has 0 aromatic heterocycles. The van der Waals surface area contributed by atoms with Gasteiger partial charge in [-0.1, -0.05) is 72.8 Å². The van der Waals surface area contributed by atoms with Crippen molar-refractivity contribution in [1.29, 1.82) is 0 Å². The average Bonchev–Trinajstić information content (AvgIpc) is 3.23. The minimum Gasteiger partial charge on any atom is -0.497 e. The lowest BCUT2D eigenvalue weighted by Crippen LogP contribution is -2.28. The largest absolute Gasteiger partial charge is 0.497 e. The van der Waals surface area contributed by atoms with Crippen LogP contribution in [0, 0.1) is 0 Å². The highest BCUT2D eigenvalue weighted by atomic mass is 16.5. The molecule has 0 fully saturated rings. The summed E-state index contributed by atoms with van der Waals surface area (Å²) in [7, 11) is 9.72. The van der Waals surface area contributed by atoms with Crippen LogP contribution in [0.5, 0.6) is 34.5 Å². The van der Waals surface area contributed by atoms with E-state index in [4.69, 9.17) is 28.4 Å². The molecule has 0 radical (unpaired) electrons. The van der Waals surface area contributed by atoms with Crippen LogP contribution < -0.4 is 28.4 Å². The molecule has 8 heteroatoms. The Kier molecular flexibility index (Phi) is 12.1. The van der Waals surface area contributed by atoms with Gasteiger partial charge < -0.3 is 38.6 Å². The van der Waals surface area contributed by atoms with Gasteiger partial charge in [-0.25, -0.2) is 0 Å². The van der Waals surface area contributed by atoms with Crippen molar-refractivity contribution < 1.29 is 38.6 Å². The van der Waals surface area contributed by atoms with Crippen LogP contribution in [-0.2, 0) is 11.2 Å². The Morgan fingerprint density at radius 1 is 0.250 bits per heavy atom. The van der Waals surface area contributed by atoms with Crippen molar-refractivity contribution in [2.45, 2.75) is 11.2 Å². The predicted molar refractivity (Wildman–Crippen MR) is 202 cm³/mol. The monoisotopic (exact) mass is 700 g/mol. The van der Waals surface area contributed by atoms with Crippen LogP contribution in [-0.4, -0.2) is 52.9 Å². The second kappa shape index (κ2) is 16.8. The molecule has 6 rings (SSSR count). The fraction of sp³-hybridized carbons (Fsp3) is 0.182. The number of methoxy groups -OCH3 is 6. The first-order valence-electron chi connectivity index (χ1n) is 16.5. The lowest BCUT2D eigenvalue weighted by molar-refractivity contribution is 0.125. The van der Waals surface area contributed by atoms with Crippen LogP contribution in [0.1, 0.15) is 33.4 Å². The van der Waals surface area contributed by atoms with Gasteiger partial charge in [-0.3, -0.25) is 0 Å². The topological polar surface area (TPSA) is 95.8 Å². The summed E-state index contributed by atoms with van der Waals surface area (Å²) in [6.45, 7) is 0. The van der Waals surface area contributed by atoms with Crippen LogP contribution in [0.3, 0.4) is 0 Å². The zero-order valence-corrected chi connectivity index (χ0v) is 30.2. The third kappa shape index (κ3) is 7.84. The summed E-state index contributed by atoms with van der Waals surface area (Å²) < 4.78 is 31.4. The maximum Gasteiger partial charge on any atom is 0.140 e. The molecule has 52 heavy (non-hydrogen) atoms. The first kappa shape index (κ1) is 37.3. The molecule has 0 spiro atoms. The van der Waals surface area contributed by atoms with E-state index in [9.17, 15) is 10.2 Å². The summed E-state index contributed by atoms with van der Waals surface area (Å²) in [4.78, 5) is 0. The SMILES string of the molecule is COc1ccc(C(O)(c2ccc(OC)cc2)c2ccc(OC)cc2)cc1.COc1ccc(C(O)(c2ccc(OC)cc2)c2ccc(OC)cc2)cc1. The minimum absolute atomic E-state index is 0.737. The summed E-state index contributed by atoms with van der Waals surface area (Å²) >= 11 is 0. The van der Waals surface area contributed by atoms with Gasteiger partial charge in [-0.15, -0.1) is 0 Å². The average molecular weight is 701 g/mol. The number of hydrogen-bond donors (Lipinski definition) is 2. The first-order chi connectivity index (χ1) is 25.2. The van der Waals surface area contributed by atoms with E-state index < -0.39 is 11.2 Å². The van der Waals surface area contributed by atoms with E-state index in [-0.39, 0.29) is 0 Å². The van der Waals surface area contributed by atoms with Crippen LogP contribution >= 0.6 is 0 Å². The fourth-order valence-corrected chi connectivity index (χ4v) is 5.99. The van der Waals surface area contributed by atoms with Crippen molar-refractivity contribution in [3.8, 4) is 34.5 Å². The van der Waals surface area contributed by atoms with Gasteiger partial charge in [0.1, 0.15) is 45.7 Å². The fourth-order valence-electron chi connectivity index (χ4n) is 5.99. The highest BCUT2D eigenvalue weighted by Gasteiger charge is 2.35. The van der Waals surface area contributed by atoms with E-state index in [1.54, 1.807) is 42.7 Å². The molecule has 0 aliphatic rings. The molecule has 268 valence electrons. The second-order valence-corrected chi connectivity index (χ2v) is 11.8. The molecule has 6 aromatic rings. The molecule has 0 bridgehead atoms. The summed E-state index contributed by atoms with van der Waals surface area (Å²) in [6.07, 6.45) is 0. The van der Waals surface area contributed by atoms with Gasteiger partial charge in [-0.2, -0.15) is 0 Å². The summed E-state index contributed by atoms with van der Waals surface area (Å²) in [5.74, 6) is 4.42. The van der Waals surface area contributed by atoms with Crippen LogP contribution in [0.15, 0.2) is 146 Å². The molecule has 0 heterocycles. The molecule has 0 saturated heterocycles. The summed E-state index contributed by atoms with van der Waals surface area (Å²) in [5.41, 5.74) is 1.84. The Morgan fingerprint density at radius 2 is 0.365 bits per heavy atom. The molecule has 0 amide bonds. The molecule has 0 aliphatic heterocycles. The second-order valence-electron chi connectivity index (χ2n) is 11.8. The Morgan fingerprint density at radius 3 is 0.462 bits per heavy atom. The number of rotatable bonds is 12. The lowest BCUT2D eigenvalue weighted by atomic mass is 9.80. The zero-order chi connectivity index (χ0) is 37.1. The van der Waals surface area contributed by atoms with Crippen LogP contribution in [0.4, 0.5) is 0 Å². The normalized spacial score (nSPS) is 11.1. The van der Waals surface area contributed by atoms with E-state index in [0.29, 0.717) is 0 Å². The van der Waals surface area contributed by atoms with Gasteiger partial charge in [0, 0.05) is 0 Å². The molecular weight excluding hydrogens is 656 g/mol. The van der Waals surface area contributed by atoms with Gasteiger partial charge in [-0.05, 0) is 106 Å².